The van der Waals surface area contributed by atoms with Crippen LogP contribution in [0.4, 0.5) is 0 Å². The van der Waals surface area contributed by atoms with Gasteiger partial charge < -0.3 is 15.2 Å². The van der Waals surface area contributed by atoms with Crippen molar-refractivity contribution in [3.63, 3.8) is 0 Å². The molecule has 1 rings (SSSR count). The molecule has 4 heteroatoms. The van der Waals surface area contributed by atoms with Crippen LogP contribution in [-0.4, -0.2) is 36.2 Å². The number of rotatable bonds is 6. The summed E-state index contributed by atoms with van der Waals surface area (Å²) in [7, 11) is 1.66. The summed E-state index contributed by atoms with van der Waals surface area (Å²) in [6, 6.07) is 7.88. The summed E-state index contributed by atoms with van der Waals surface area (Å²) in [4.78, 5) is 1.14. The lowest BCUT2D eigenvalue weighted by atomic mass is 10.1. The smallest absolute Gasteiger partial charge is 0.118 e. The van der Waals surface area contributed by atoms with Gasteiger partial charge in [0.1, 0.15) is 5.75 Å². The molecule has 1 aromatic carbocycles. The van der Waals surface area contributed by atoms with E-state index in [4.69, 9.17) is 4.74 Å². The van der Waals surface area contributed by atoms with Crippen LogP contribution in [-0.2, 0) is 0 Å². The summed E-state index contributed by atoms with van der Waals surface area (Å²) in [5, 5.41) is 13.2. The van der Waals surface area contributed by atoms with Crippen molar-refractivity contribution in [1.82, 2.24) is 5.32 Å². The highest BCUT2D eigenvalue weighted by molar-refractivity contribution is 7.99. The van der Waals surface area contributed by atoms with Gasteiger partial charge in [-0.1, -0.05) is 0 Å². The minimum absolute atomic E-state index is 0.0474. The Labute approximate surface area is 114 Å². The summed E-state index contributed by atoms with van der Waals surface area (Å²) in [5.74, 6) is 1.55. The summed E-state index contributed by atoms with van der Waals surface area (Å²) < 4.78 is 5.10. The summed E-state index contributed by atoms with van der Waals surface area (Å²) in [5.41, 5.74) is 0.0474. The molecule has 1 atom stereocenters. The second-order valence-electron chi connectivity index (χ2n) is 5.27. The number of ether oxygens (including phenoxy) is 1. The zero-order chi connectivity index (χ0) is 13.6. The molecule has 1 aromatic rings. The van der Waals surface area contributed by atoms with E-state index in [0.29, 0.717) is 12.3 Å². The molecule has 102 valence electrons. The average molecular weight is 269 g/mol. The molecule has 0 aliphatic rings. The minimum Gasteiger partial charge on any atom is -0.497 e. The van der Waals surface area contributed by atoms with Gasteiger partial charge in [0.25, 0.3) is 0 Å². The van der Waals surface area contributed by atoms with Crippen LogP contribution in [0.5, 0.6) is 5.75 Å². The number of β-amino-alcohol motifs (C(OH)–C–C–N with tert-alkyl or cyclic N) is 1. The van der Waals surface area contributed by atoms with Gasteiger partial charge in [-0.05, 0) is 45.0 Å². The third kappa shape index (κ3) is 6.28. The Hall–Kier alpha value is -0.710. The molecular formula is C14H23NO2S. The highest BCUT2D eigenvalue weighted by atomic mass is 32.2. The fourth-order valence-corrected chi connectivity index (χ4v) is 2.18. The fourth-order valence-electron chi connectivity index (χ4n) is 1.35. The van der Waals surface area contributed by atoms with Gasteiger partial charge in [0.2, 0.25) is 0 Å². The molecule has 0 aromatic heterocycles. The molecule has 18 heavy (non-hydrogen) atoms. The number of aliphatic hydroxyl groups is 1. The van der Waals surface area contributed by atoms with Gasteiger partial charge in [-0.3, -0.25) is 0 Å². The van der Waals surface area contributed by atoms with E-state index in [1.807, 2.05) is 24.3 Å². The zero-order valence-electron chi connectivity index (χ0n) is 11.6. The van der Waals surface area contributed by atoms with E-state index in [2.05, 4.69) is 26.1 Å². The molecule has 0 spiro atoms. The molecule has 0 aliphatic carbocycles. The molecule has 1 unspecified atom stereocenters. The predicted molar refractivity (Wildman–Crippen MR) is 77.5 cm³/mol. The molecular weight excluding hydrogens is 246 g/mol. The Morgan fingerprint density at radius 3 is 2.39 bits per heavy atom. The number of methoxy groups -OCH3 is 1. The first-order valence-corrected chi connectivity index (χ1v) is 7.09. The van der Waals surface area contributed by atoms with Gasteiger partial charge in [0.15, 0.2) is 0 Å². The predicted octanol–water partition coefficient (Wildman–Crippen LogP) is 2.54. The number of hydrogen-bond donors (Lipinski definition) is 2. The maximum atomic E-state index is 9.87. The standard InChI is InChI=1S/C14H23NO2S/c1-14(2,3)15-9-11(16)10-18-13-7-5-12(17-4)6-8-13/h5-8,11,15-16H,9-10H2,1-4H3. The molecule has 0 aliphatic heterocycles. The molecule has 0 amide bonds. The van der Waals surface area contributed by atoms with Gasteiger partial charge in [0, 0.05) is 22.7 Å². The van der Waals surface area contributed by atoms with Crippen LogP contribution < -0.4 is 10.1 Å². The third-order valence-electron chi connectivity index (χ3n) is 2.37. The molecule has 0 saturated heterocycles. The van der Waals surface area contributed by atoms with E-state index in [9.17, 15) is 5.11 Å². The van der Waals surface area contributed by atoms with Gasteiger partial charge in [0.05, 0.1) is 13.2 Å². The van der Waals surface area contributed by atoms with Crippen LogP contribution in [0.2, 0.25) is 0 Å². The molecule has 0 fully saturated rings. The summed E-state index contributed by atoms with van der Waals surface area (Å²) in [6.45, 7) is 6.90. The van der Waals surface area contributed by atoms with E-state index in [1.54, 1.807) is 18.9 Å². The van der Waals surface area contributed by atoms with Crippen LogP contribution in [0, 0.1) is 0 Å². The topological polar surface area (TPSA) is 41.5 Å². The van der Waals surface area contributed by atoms with Crippen molar-refractivity contribution in [3.05, 3.63) is 24.3 Å². The third-order valence-corrected chi connectivity index (χ3v) is 3.53. The van der Waals surface area contributed by atoms with Crippen LogP contribution in [0.25, 0.3) is 0 Å². The molecule has 0 saturated carbocycles. The second-order valence-corrected chi connectivity index (χ2v) is 6.36. The largest absolute Gasteiger partial charge is 0.497 e. The monoisotopic (exact) mass is 269 g/mol. The molecule has 2 N–H and O–H groups in total. The highest BCUT2D eigenvalue weighted by Crippen LogP contribution is 2.21. The van der Waals surface area contributed by atoms with E-state index in [1.165, 1.54) is 0 Å². The Morgan fingerprint density at radius 1 is 1.28 bits per heavy atom. The number of aliphatic hydroxyl groups excluding tert-OH is 1. The minimum atomic E-state index is -0.337. The molecule has 0 bridgehead atoms. The first-order chi connectivity index (χ1) is 8.40. The van der Waals surface area contributed by atoms with Crippen molar-refractivity contribution in [2.75, 3.05) is 19.4 Å². The van der Waals surface area contributed by atoms with Gasteiger partial charge in [-0.2, -0.15) is 0 Å². The lowest BCUT2D eigenvalue weighted by molar-refractivity contribution is 0.183. The van der Waals surface area contributed by atoms with E-state index >= 15 is 0 Å². The van der Waals surface area contributed by atoms with E-state index in [0.717, 1.165) is 10.6 Å². The molecule has 0 radical (unpaired) electrons. The van der Waals surface area contributed by atoms with Crippen molar-refractivity contribution in [2.45, 2.75) is 37.3 Å². The SMILES string of the molecule is COc1ccc(SCC(O)CNC(C)(C)C)cc1. The van der Waals surface area contributed by atoms with Crippen molar-refractivity contribution in [3.8, 4) is 5.75 Å². The quantitative estimate of drug-likeness (QED) is 0.779. The number of hydrogen-bond acceptors (Lipinski definition) is 4. The van der Waals surface area contributed by atoms with Crippen LogP contribution in [0.3, 0.4) is 0 Å². The first kappa shape index (κ1) is 15.3. The maximum absolute atomic E-state index is 9.87. The van der Waals surface area contributed by atoms with Crippen LogP contribution in [0.15, 0.2) is 29.2 Å². The Bertz CT molecular complexity index is 346. The molecule has 3 nitrogen and oxygen atoms in total. The number of benzene rings is 1. The van der Waals surface area contributed by atoms with E-state index in [-0.39, 0.29) is 11.6 Å². The zero-order valence-corrected chi connectivity index (χ0v) is 12.4. The normalized spacial score (nSPS) is 13.4. The van der Waals surface area contributed by atoms with Crippen molar-refractivity contribution in [2.24, 2.45) is 0 Å². The summed E-state index contributed by atoms with van der Waals surface area (Å²) >= 11 is 1.65. The highest BCUT2D eigenvalue weighted by Gasteiger charge is 2.12. The van der Waals surface area contributed by atoms with Crippen molar-refractivity contribution < 1.29 is 9.84 Å². The maximum Gasteiger partial charge on any atom is 0.118 e. The number of nitrogens with one attached hydrogen (secondary N) is 1. The lowest BCUT2D eigenvalue weighted by Crippen LogP contribution is -2.41. The fraction of sp³-hybridized carbons (Fsp3) is 0.571. The van der Waals surface area contributed by atoms with E-state index < -0.39 is 0 Å². The Kier molecular flexibility index (Phi) is 5.99. The first-order valence-electron chi connectivity index (χ1n) is 6.10. The van der Waals surface area contributed by atoms with Crippen LogP contribution in [0.1, 0.15) is 20.8 Å². The number of thioether (sulfide) groups is 1. The van der Waals surface area contributed by atoms with Crippen molar-refractivity contribution in [1.29, 1.82) is 0 Å². The Morgan fingerprint density at radius 2 is 1.89 bits per heavy atom. The second kappa shape index (κ2) is 7.02. The van der Waals surface area contributed by atoms with Gasteiger partial charge in [-0.25, -0.2) is 0 Å². The van der Waals surface area contributed by atoms with Gasteiger partial charge >= 0.3 is 0 Å². The van der Waals surface area contributed by atoms with Crippen LogP contribution >= 0.6 is 11.8 Å². The Balaban J connectivity index is 2.31. The molecule has 0 heterocycles. The average Bonchev–Trinajstić information content (AvgIpc) is 2.33. The summed E-state index contributed by atoms with van der Waals surface area (Å²) in [6.07, 6.45) is -0.337. The van der Waals surface area contributed by atoms with Crippen molar-refractivity contribution >= 4 is 11.8 Å². The lowest BCUT2D eigenvalue weighted by Gasteiger charge is -2.22. The van der Waals surface area contributed by atoms with Gasteiger partial charge in [-0.15, -0.1) is 11.8 Å².